The molecule has 0 amide bonds. The Balaban J connectivity index is 1.69. The largest absolute Gasteiger partial charge is 0.492 e. The molecule has 3 rings (SSSR count). The van der Waals surface area contributed by atoms with Crippen molar-refractivity contribution in [2.75, 3.05) is 18.1 Å². The van der Waals surface area contributed by atoms with Crippen LogP contribution >= 0.6 is 0 Å². The highest BCUT2D eigenvalue weighted by Crippen LogP contribution is 2.31. The van der Waals surface area contributed by atoms with Gasteiger partial charge in [-0.3, -0.25) is 0 Å². The second kappa shape index (κ2) is 5.87. The topological polar surface area (TPSA) is 49.8 Å². The third kappa shape index (κ3) is 2.84. The molecule has 0 fully saturated rings. The number of ether oxygens (including phenoxy) is 1. The fourth-order valence-electron chi connectivity index (χ4n) is 2.73. The van der Waals surface area contributed by atoms with Gasteiger partial charge in [-0.05, 0) is 23.8 Å². The zero-order valence-electron chi connectivity index (χ0n) is 11.6. The lowest BCUT2D eigenvalue weighted by Crippen LogP contribution is -2.40. The van der Waals surface area contributed by atoms with Gasteiger partial charge in [0.25, 0.3) is 0 Å². The van der Waals surface area contributed by atoms with Crippen LogP contribution in [0.15, 0.2) is 54.6 Å². The Morgan fingerprint density at radius 2 is 1.86 bits per heavy atom. The Kier molecular flexibility index (Phi) is 3.77. The molecule has 0 spiro atoms. The quantitative estimate of drug-likeness (QED) is 0.916. The summed E-state index contributed by atoms with van der Waals surface area (Å²) in [5.74, 6) is 0.0165. The summed E-state index contributed by atoms with van der Waals surface area (Å²) in [5, 5.41) is 9.39. The molecule has 2 aromatic rings. The number of benzene rings is 2. The molecule has 2 aromatic carbocycles. The average Bonchev–Trinajstić information content (AvgIpc) is 2.88. The Bertz CT molecular complexity index is 627. The molecule has 1 heterocycles. The van der Waals surface area contributed by atoms with Crippen LogP contribution in [0.3, 0.4) is 0 Å². The first-order valence-corrected chi connectivity index (χ1v) is 7.01. The second-order valence-corrected chi connectivity index (χ2v) is 5.04. The van der Waals surface area contributed by atoms with E-state index in [1.54, 1.807) is 0 Å². The second-order valence-electron chi connectivity index (χ2n) is 5.04. The van der Waals surface area contributed by atoms with Gasteiger partial charge in [0.1, 0.15) is 18.4 Å². The summed E-state index contributed by atoms with van der Waals surface area (Å²) >= 11 is 0. The molecule has 0 aliphatic carbocycles. The minimum atomic E-state index is -0.786. The summed E-state index contributed by atoms with van der Waals surface area (Å²) in [6.45, 7) is 1.02. The van der Waals surface area contributed by atoms with Crippen LogP contribution < -0.4 is 9.64 Å². The summed E-state index contributed by atoms with van der Waals surface area (Å²) in [4.78, 5) is 13.3. The lowest BCUT2D eigenvalue weighted by molar-refractivity contribution is -0.138. The van der Waals surface area contributed by atoms with Crippen molar-refractivity contribution in [1.29, 1.82) is 0 Å². The van der Waals surface area contributed by atoms with Gasteiger partial charge in [-0.1, -0.05) is 36.4 Å². The van der Waals surface area contributed by atoms with Gasteiger partial charge in [0.05, 0.1) is 6.54 Å². The summed E-state index contributed by atoms with van der Waals surface area (Å²) in [6.07, 6.45) is 0.552. The molecule has 1 unspecified atom stereocenters. The third-order valence-corrected chi connectivity index (χ3v) is 3.72. The monoisotopic (exact) mass is 283 g/mol. The number of carboxylic acids is 1. The smallest absolute Gasteiger partial charge is 0.326 e. The zero-order valence-corrected chi connectivity index (χ0v) is 11.6. The lowest BCUT2D eigenvalue weighted by Gasteiger charge is -2.24. The van der Waals surface area contributed by atoms with Crippen LogP contribution in [0, 0.1) is 0 Å². The molecule has 0 saturated carbocycles. The molecule has 21 heavy (non-hydrogen) atoms. The summed E-state index contributed by atoms with van der Waals surface area (Å²) in [5.41, 5.74) is 2.09. The molecule has 1 atom stereocenters. The zero-order chi connectivity index (χ0) is 14.7. The maximum atomic E-state index is 11.4. The maximum Gasteiger partial charge on any atom is 0.326 e. The Hall–Kier alpha value is -2.49. The highest BCUT2D eigenvalue weighted by atomic mass is 16.5. The van der Waals surface area contributed by atoms with Crippen molar-refractivity contribution >= 4 is 11.7 Å². The molecular weight excluding hydrogens is 266 g/mol. The van der Waals surface area contributed by atoms with Crippen LogP contribution in [-0.2, 0) is 11.2 Å². The number of hydrogen-bond acceptors (Lipinski definition) is 3. The number of rotatable bonds is 5. The molecule has 1 aliphatic rings. The summed E-state index contributed by atoms with van der Waals surface area (Å²) < 4.78 is 5.68. The van der Waals surface area contributed by atoms with Gasteiger partial charge < -0.3 is 14.7 Å². The van der Waals surface area contributed by atoms with Crippen molar-refractivity contribution in [2.45, 2.75) is 12.5 Å². The summed E-state index contributed by atoms with van der Waals surface area (Å²) in [6, 6.07) is 16.9. The van der Waals surface area contributed by atoms with Gasteiger partial charge in [0, 0.05) is 12.1 Å². The van der Waals surface area contributed by atoms with Crippen molar-refractivity contribution in [3.8, 4) is 5.75 Å². The molecule has 4 nitrogen and oxygen atoms in total. The molecule has 0 radical (unpaired) electrons. The number of carbonyl (C=O) groups is 1. The van der Waals surface area contributed by atoms with Gasteiger partial charge in [-0.25, -0.2) is 4.79 Å². The van der Waals surface area contributed by atoms with Crippen LogP contribution in [0.2, 0.25) is 0 Å². The molecule has 1 N–H and O–H groups in total. The molecule has 4 heteroatoms. The Labute approximate surface area is 123 Å². The van der Waals surface area contributed by atoms with E-state index in [0.717, 1.165) is 17.0 Å². The van der Waals surface area contributed by atoms with Gasteiger partial charge in [0.15, 0.2) is 0 Å². The fourth-order valence-corrected chi connectivity index (χ4v) is 2.73. The minimum absolute atomic E-state index is 0.460. The standard InChI is InChI=1S/C17H17NO3/c19-17(20)16-12-13-6-4-5-9-15(13)18(16)10-11-21-14-7-2-1-3-8-14/h1-9,16H,10-12H2,(H,19,20). The van der Waals surface area contributed by atoms with E-state index in [-0.39, 0.29) is 0 Å². The first kappa shape index (κ1) is 13.5. The van der Waals surface area contributed by atoms with Crippen LogP contribution in [0.1, 0.15) is 5.56 Å². The lowest BCUT2D eigenvalue weighted by atomic mass is 10.1. The van der Waals surface area contributed by atoms with E-state index in [9.17, 15) is 9.90 Å². The number of fused-ring (bicyclic) bond motifs is 1. The predicted octanol–water partition coefficient (Wildman–Crippen LogP) is 2.58. The third-order valence-electron chi connectivity index (χ3n) is 3.72. The van der Waals surface area contributed by atoms with Gasteiger partial charge in [-0.15, -0.1) is 0 Å². The fraction of sp³-hybridized carbons (Fsp3) is 0.235. The average molecular weight is 283 g/mol. The molecular formula is C17H17NO3. The Morgan fingerprint density at radius 3 is 2.62 bits per heavy atom. The van der Waals surface area contributed by atoms with E-state index < -0.39 is 12.0 Å². The van der Waals surface area contributed by atoms with E-state index in [2.05, 4.69) is 0 Å². The van der Waals surface area contributed by atoms with Crippen molar-refractivity contribution in [3.05, 3.63) is 60.2 Å². The minimum Gasteiger partial charge on any atom is -0.492 e. The van der Waals surface area contributed by atoms with E-state index in [1.807, 2.05) is 59.5 Å². The first-order chi connectivity index (χ1) is 10.3. The first-order valence-electron chi connectivity index (χ1n) is 7.01. The maximum absolute atomic E-state index is 11.4. The molecule has 0 aromatic heterocycles. The van der Waals surface area contributed by atoms with Crippen LogP contribution in [0.25, 0.3) is 0 Å². The molecule has 108 valence electrons. The van der Waals surface area contributed by atoms with E-state index in [1.165, 1.54) is 0 Å². The van der Waals surface area contributed by atoms with Gasteiger partial charge in [-0.2, -0.15) is 0 Å². The highest BCUT2D eigenvalue weighted by molar-refractivity contribution is 5.82. The number of aliphatic carboxylic acids is 1. The molecule has 1 aliphatic heterocycles. The number of nitrogens with zero attached hydrogens (tertiary/aromatic N) is 1. The SMILES string of the molecule is O=C(O)C1Cc2ccccc2N1CCOc1ccccc1. The number of para-hydroxylation sites is 2. The normalized spacial score (nSPS) is 16.6. The number of hydrogen-bond donors (Lipinski definition) is 1. The van der Waals surface area contributed by atoms with E-state index in [0.29, 0.717) is 19.6 Å². The summed E-state index contributed by atoms with van der Waals surface area (Å²) in [7, 11) is 0. The van der Waals surface area contributed by atoms with Crippen molar-refractivity contribution in [2.24, 2.45) is 0 Å². The van der Waals surface area contributed by atoms with Crippen molar-refractivity contribution in [1.82, 2.24) is 0 Å². The highest BCUT2D eigenvalue weighted by Gasteiger charge is 2.33. The Morgan fingerprint density at radius 1 is 1.14 bits per heavy atom. The van der Waals surface area contributed by atoms with Gasteiger partial charge in [0.2, 0.25) is 0 Å². The van der Waals surface area contributed by atoms with Crippen LogP contribution in [0.5, 0.6) is 5.75 Å². The predicted molar refractivity (Wildman–Crippen MR) is 80.9 cm³/mol. The van der Waals surface area contributed by atoms with Gasteiger partial charge >= 0.3 is 5.97 Å². The van der Waals surface area contributed by atoms with E-state index in [4.69, 9.17) is 4.74 Å². The molecule has 0 bridgehead atoms. The number of anilines is 1. The number of carboxylic acid groups (broad SMARTS) is 1. The van der Waals surface area contributed by atoms with Crippen molar-refractivity contribution < 1.29 is 14.6 Å². The molecule has 0 saturated heterocycles. The van der Waals surface area contributed by atoms with Crippen LogP contribution in [-0.4, -0.2) is 30.3 Å². The van der Waals surface area contributed by atoms with Crippen LogP contribution in [0.4, 0.5) is 5.69 Å². The van der Waals surface area contributed by atoms with Crippen molar-refractivity contribution in [3.63, 3.8) is 0 Å². The van der Waals surface area contributed by atoms with E-state index >= 15 is 0 Å².